The zero-order valence-electron chi connectivity index (χ0n) is 11.3. The molecule has 0 radical (unpaired) electrons. The molecule has 0 aromatic carbocycles. The summed E-state index contributed by atoms with van der Waals surface area (Å²) in [5.74, 6) is -0.0441. The number of unbranched alkanes of at least 4 members (excludes halogenated alkanes) is 1. The first-order chi connectivity index (χ1) is 7.25. The van der Waals surface area contributed by atoms with Crippen molar-refractivity contribution in [3.8, 4) is 0 Å². The summed E-state index contributed by atoms with van der Waals surface area (Å²) in [6.07, 6.45) is 2.10. The van der Waals surface area contributed by atoms with E-state index >= 15 is 0 Å². The Balaban J connectivity index is 3.66. The van der Waals surface area contributed by atoms with E-state index in [1.807, 2.05) is 34.9 Å². The molecule has 0 unspecified atom stereocenters. The summed E-state index contributed by atoms with van der Waals surface area (Å²) in [4.78, 5) is 13.8. The summed E-state index contributed by atoms with van der Waals surface area (Å²) in [7, 11) is 4.10. The monoisotopic (exact) mass is 229 g/mol. The number of carbonyl (C=O) groups excluding carboxylic acids is 1. The van der Waals surface area contributed by atoms with Crippen LogP contribution in [0.25, 0.3) is 0 Å². The van der Waals surface area contributed by atoms with Gasteiger partial charge in [-0.05, 0) is 38.9 Å². The molecule has 0 saturated carbocycles. The molecule has 4 nitrogen and oxygen atoms in total. The van der Waals surface area contributed by atoms with Gasteiger partial charge in [-0.15, -0.1) is 0 Å². The first-order valence-electron chi connectivity index (χ1n) is 5.93. The van der Waals surface area contributed by atoms with Crippen molar-refractivity contribution in [2.45, 2.75) is 39.7 Å². The summed E-state index contributed by atoms with van der Waals surface area (Å²) in [6.45, 7) is 7.70. The Bertz CT molecular complexity index is 209. The largest absolute Gasteiger partial charge is 0.355 e. The van der Waals surface area contributed by atoms with Crippen LogP contribution in [-0.2, 0) is 4.79 Å². The van der Waals surface area contributed by atoms with Gasteiger partial charge >= 0.3 is 0 Å². The number of rotatable bonds is 6. The van der Waals surface area contributed by atoms with E-state index in [-0.39, 0.29) is 11.3 Å². The topological polar surface area (TPSA) is 58.4 Å². The first-order valence-corrected chi connectivity index (χ1v) is 5.93. The Hall–Kier alpha value is -0.610. The molecule has 0 spiro atoms. The van der Waals surface area contributed by atoms with Crippen LogP contribution in [0.2, 0.25) is 0 Å². The molecule has 0 aromatic heterocycles. The van der Waals surface area contributed by atoms with Crippen molar-refractivity contribution < 1.29 is 4.79 Å². The molecule has 0 bridgehead atoms. The molecule has 0 aromatic rings. The summed E-state index contributed by atoms with van der Waals surface area (Å²) in [5.41, 5.74) is 5.66. The van der Waals surface area contributed by atoms with Crippen molar-refractivity contribution in [1.29, 1.82) is 0 Å². The lowest BCUT2D eigenvalue weighted by molar-refractivity contribution is -0.124. The standard InChI is InChI=1S/C12H27N3O/c1-12(2,3)10(13)11(16)14-8-6-7-9-15(4)5/h10H,6-9,13H2,1-5H3,(H,14,16)/t10-/m1/s1. The molecular weight excluding hydrogens is 202 g/mol. The average molecular weight is 229 g/mol. The molecule has 1 amide bonds. The normalized spacial score (nSPS) is 13.9. The lowest BCUT2D eigenvalue weighted by atomic mass is 9.87. The van der Waals surface area contributed by atoms with E-state index in [9.17, 15) is 4.79 Å². The van der Waals surface area contributed by atoms with Gasteiger partial charge in [0.25, 0.3) is 0 Å². The highest BCUT2D eigenvalue weighted by molar-refractivity contribution is 5.82. The summed E-state index contributed by atoms with van der Waals surface area (Å²) in [6, 6.07) is -0.429. The van der Waals surface area contributed by atoms with E-state index in [2.05, 4.69) is 10.2 Å². The molecule has 96 valence electrons. The van der Waals surface area contributed by atoms with Gasteiger partial charge in [0.15, 0.2) is 0 Å². The van der Waals surface area contributed by atoms with Crippen LogP contribution < -0.4 is 11.1 Å². The third-order valence-corrected chi connectivity index (χ3v) is 2.55. The Kier molecular flexibility index (Phi) is 6.60. The zero-order chi connectivity index (χ0) is 12.8. The molecule has 1 atom stereocenters. The van der Waals surface area contributed by atoms with Crippen LogP contribution in [0.5, 0.6) is 0 Å². The lowest BCUT2D eigenvalue weighted by Gasteiger charge is -2.25. The molecule has 3 N–H and O–H groups in total. The number of hydrogen-bond donors (Lipinski definition) is 2. The van der Waals surface area contributed by atoms with Crippen molar-refractivity contribution >= 4 is 5.91 Å². The highest BCUT2D eigenvalue weighted by atomic mass is 16.2. The molecule has 0 aliphatic rings. The Morgan fingerprint density at radius 1 is 1.31 bits per heavy atom. The van der Waals surface area contributed by atoms with Crippen LogP contribution in [0.4, 0.5) is 0 Å². The van der Waals surface area contributed by atoms with Crippen LogP contribution >= 0.6 is 0 Å². The first kappa shape index (κ1) is 15.4. The molecule has 0 fully saturated rings. The van der Waals surface area contributed by atoms with Crippen molar-refractivity contribution in [3.05, 3.63) is 0 Å². The molecule has 0 rings (SSSR count). The minimum absolute atomic E-state index is 0.0441. The fourth-order valence-electron chi connectivity index (χ4n) is 1.27. The van der Waals surface area contributed by atoms with Crippen LogP contribution in [0.1, 0.15) is 33.6 Å². The lowest BCUT2D eigenvalue weighted by Crippen LogP contribution is -2.48. The van der Waals surface area contributed by atoms with Crippen molar-refractivity contribution in [2.75, 3.05) is 27.2 Å². The van der Waals surface area contributed by atoms with Crippen molar-refractivity contribution in [1.82, 2.24) is 10.2 Å². The molecule has 16 heavy (non-hydrogen) atoms. The minimum Gasteiger partial charge on any atom is -0.355 e. The van der Waals surface area contributed by atoms with Gasteiger partial charge in [-0.2, -0.15) is 0 Å². The third kappa shape index (κ3) is 6.80. The summed E-state index contributed by atoms with van der Waals surface area (Å²) >= 11 is 0. The van der Waals surface area contributed by atoms with Crippen molar-refractivity contribution in [2.24, 2.45) is 11.1 Å². The van der Waals surface area contributed by atoms with Crippen LogP contribution in [0.3, 0.4) is 0 Å². The maximum absolute atomic E-state index is 11.6. The van der Waals surface area contributed by atoms with E-state index in [1.54, 1.807) is 0 Å². The SMILES string of the molecule is CN(C)CCCCNC(=O)[C@@H](N)C(C)(C)C. The van der Waals surface area contributed by atoms with E-state index in [4.69, 9.17) is 5.73 Å². The minimum atomic E-state index is -0.429. The maximum Gasteiger partial charge on any atom is 0.237 e. The maximum atomic E-state index is 11.6. The number of nitrogens with zero attached hydrogens (tertiary/aromatic N) is 1. The Morgan fingerprint density at radius 3 is 2.31 bits per heavy atom. The van der Waals surface area contributed by atoms with Gasteiger partial charge in [0, 0.05) is 6.54 Å². The number of nitrogens with two attached hydrogens (primary N) is 1. The van der Waals surface area contributed by atoms with Gasteiger partial charge in [0.05, 0.1) is 6.04 Å². The van der Waals surface area contributed by atoms with Crippen LogP contribution in [0.15, 0.2) is 0 Å². The van der Waals surface area contributed by atoms with Gasteiger partial charge < -0.3 is 16.0 Å². The number of carbonyl (C=O) groups is 1. The van der Waals surface area contributed by atoms with Gasteiger partial charge in [-0.25, -0.2) is 0 Å². The molecular formula is C12H27N3O. The molecule has 0 aliphatic heterocycles. The van der Waals surface area contributed by atoms with Gasteiger partial charge in [0.2, 0.25) is 5.91 Å². The second kappa shape index (κ2) is 6.86. The average Bonchev–Trinajstić information content (AvgIpc) is 2.13. The zero-order valence-corrected chi connectivity index (χ0v) is 11.3. The van der Waals surface area contributed by atoms with Gasteiger partial charge in [-0.3, -0.25) is 4.79 Å². The van der Waals surface area contributed by atoms with Gasteiger partial charge in [0.1, 0.15) is 0 Å². The van der Waals surface area contributed by atoms with Crippen molar-refractivity contribution in [3.63, 3.8) is 0 Å². The Morgan fingerprint density at radius 2 is 1.88 bits per heavy atom. The second-order valence-electron chi connectivity index (χ2n) is 5.65. The highest BCUT2D eigenvalue weighted by Crippen LogP contribution is 2.16. The number of nitrogens with one attached hydrogen (secondary N) is 1. The fraction of sp³-hybridized carbons (Fsp3) is 0.917. The second-order valence-corrected chi connectivity index (χ2v) is 5.65. The van der Waals surface area contributed by atoms with Crippen LogP contribution in [0, 0.1) is 5.41 Å². The van der Waals surface area contributed by atoms with E-state index in [0.717, 1.165) is 25.9 Å². The number of hydrogen-bond acceptors (Lipinski definition) is 3. The quantitative estimate of drug-likeness (QED) is 0.663. The highest BCUT2D eigenvalue weighted by Gasteiger charge is 2.26. The summed E-state index contributed by atoms with van der Waals surface area (Å²) < 4.78 is 0. The van der Waals surface area contributed by atoms with E-state index in [1.165, 1.54) is 0 Å². The molecule has 0 saturated heterocycles. The fourth-order valence-corrected chi connectivity index (χ4v) is 1.27. The Labute approximate surface area is 99.6 Å². The molecule has 0 heterocycles. The van der Waals surface area contributed by atoms with E-state index in [0.29, 0.717) is 0 Å². The van der Waals surface area contributed by atoms with Gasteiger partial charge in [-0.1, -0.05) is 20.8 Å². The third-order valence-electron chi connectivity index (χ3n) is 2.55. The predicted molar refractivity (Wildman–Crippen MR) is 68.2 cm³/mol. The predicted octanol–water partition coefficient (Wildman–Crippen LogP) is 0.818. The molecule has 4 heteroatoms. The molecule has 0 aliphatic carbocycles. The number of amides is 1. The van der Waals surface area contributed by atoms with E-state index < -0.39 is 6.04 Å². The van der Waals surface area contributed by atoms with Crippen LogP contribution in [-0.4, -0.2) is 44.0 Å². The smallest absolute Gasteiger partial charge is 0.237 e. The summed E-state index contributed by atoms with van der Waals surface area (Å²) in [5, 5.41) is 2.88.